The van der Waals surface area contributed by atoms with Gasteiger partial charge >= 0.3 is 0 Å². The molecule has 0 bridgehead atoms. The molecular formula is C17H30N2O. The molecule has 1 aliphatic carbocycles. The third-order valence-electron chi connectivity index (χ3n) is 5.76. The molecule has 0 aromatic rings. The van der Waals surface area contributed by atoms with Crippen molar-refractivity contribution in [3.05, 3.63) is 0 Å². The minimum atomic E-state index is 0.318. The molecule has 0 radical (unpaired) electrons. The molecule has 1 amide bonds. The third-order valence-corrected chi connectivity index (χ3v) is 5.76. The van der Waals surface area contributed by atoms with E-state index in [4.69, 9.17) is 0 Å². The molecule has 2 aliphatic heterocycles. The zero-order valence-corrected chi connectivity index (χ0v) is 13.2. The fraction of sp³-hybridized carbons (Fsp3) is 0.941. The maximum Gasteiger partial charge on any atom is 0.225 e. The summed E-state index contributed by atoms with van der Waals surface area (Å²) in [5.74, 6) is 0.771. The van der Waals surface area contributed by atoms with E-state index in [1.807, 2.05) is 0 Å². The molecule has 0 spiro atoms. The Balaban J connectivity index is 1.48. The van der Waals surface area contributed by atoms with E-state index >= 15 is 0 Å². The molecule has 0 aromatic carbocycles. The molecule has 2 heterocycles. The fourth-order valence-electron chi connectivity index (χ4n) is 4.42. The maximum absolute atomic E-state index is 12.4. The average Bonchev–Trinajstić information content (AvgIpc) is 3.07. The highest BCUT2D eigenvalue weighted by Crippen LogP contribution is 2.40. The lowest BCUT2D eigenvalue weighted by Crippen LogP contribution is -2.44. The summed E-state index contributed by atoms with van der Waals surface area (Å²) in [7, 11) is 0. The van der Waals surface area contributed by atoms with Crippen molar-refractivity contribution >= 4 is 5.91 Å². The first-order chi connectivity index (χ1) is 9.55. The van der Waals surface area contributed by atoms with Crippen LogP contribution < -0.4 is 0 Å². The lowest BCUT2D eigenvalue weighted by molar-refractivity contribution is -0.136. The summed E-state index contributed by atoms with van der Waals surface area (Å²) >= 11 is 0. The monoisotopic (exact) mass is 278 g/mol. The normalized spacial score (nSPS) is 31.9. The summed E-state index contributed by atoms with van der Waals surface area (Å²) in [6.07, 6.45) is 8.67. The molecule has 3 aliphatic rings. The number of carbonyl (C=O) groups is 1. The molecular weight excluding hydrogens is 248 g/mol. The van der Waals surface area contributed by atoms with Crippen LogP contribution in [0.2, 0.25) is 0 Å². The molecule has 2 saturated heterocycles. The second-order valence-corrected chi connectivity index (χ2v) is 7.90. The molecule has 3 fully saturated rings. The van der Waals surface area contributed by atoms with Crippen LogP contribution in [0.4, 0.5) is 0 Å². The first kappa shape index (κ1) is 14.4. The van der Waals surface area contributed by atoms with Gasteiger partial charge in [-0.1, -0.05) is 13.8 Å². The Kier molecular flexibility index (Phi) is 4.07. The topological polar surface area (TPSA) is 23.6 Å². The van der Waals surface area contributed by atoms with Crippen molar-refractivity contribution in [3.63, 3.8) is 0 Å². The van der Waals surface area contributed by atoms with Crippen molar-refractivity contribution in [2.24, 2.45) is 11.3 Å². The van der Waals surface area contributed by atoms with Crippen LogP contribution in [0.3, 0.4) is 0 Å². The zero-order chi connectivity index (χ0) is 14.2. The van der Waals surface area contributed by atoms with Crippen LogP contribution in [0.25, 0.3) is 0 Å². The molecule has 20 heavy (non-hydrogen) atoms. The molecule has 1 saturated carbocycles. The van der Waals surface area contributed by atoms with Crippen LogP contribution >= 0.6 is 0 Å². The molecule has 3 rings (SSSR count). The van der Waals surface area contributed by atoms with Gasteiger partial charge in [-0.3, -0.25) is 4.79 Å². The van der Waals surface area contributed by atoms with E-state index in [1.165, 1.54) is 32.1 Å². The largest absolute Gasteiger partial charge is 0.342 e. The van der Waals surface area contributed by atoms with Gasteiger partial charge < -0.3 is 9.80 Å². The van der Waals surface area contributed by atoms with Crippen molar-refractivity contribution in [1.82, 2.24) is 9.80 Å². The second kappa shape index (κ2) is 5.67. The van der Waals surface area contributed by atoms with E-state index in [0.717, 1.165) is 45.1 Å². The lowest BCUT2D eigenvalue weighted by Gasteiger charge is -2.37. The highest BCUT2D eigenvalue weighted by atomic mass is 16.2. The smallest absolute Gasteiger partial charge is 0.225 e. The van der Waals surface area contributed by atoms with E-state index in [0.29, 0.717) is 17.2 Å². The van der Waals surface area contributed by atoms with E-state index in [9.17, 15) is 4.79 Å². The van der Waals surface area contributed by atoms with Gasteiger partial charge in [-0.25, -0.2) is 0 Å². The summed E-state index contributed by atoms with van der Waals surface area (Å²) in [5.41, 5.74) is 0.535. The summed E-state index contributed by atoms with van der Waals surface area (Å²) in [5, 5.41) is 0. The molecule has 3 nitrogen and oxygen atoms in total. The standard InChI is InChI=1S/C17H30N2O/c1-17(2)8-5-15(13-17)18-11-6-14(7-12-18)16(20)19-9-3-4-10-19/h14-15H,3-13H2,1-2H3. The highest BCUT2D eigenvalue weighted by Gasteiger charge is 2.37. The van der Waals surface area contributed by atoms with Crippen LogP contribution in [-0.4, -0.2) is 47.9 Å². The van der Waals surface area contributed by atoms with Crippen molar-refractivity contribution in [2.75, 3.05) is 26.2 Å². The van der Waals surface area contributed by atoms with Crippen molar-refractivity contribution in [3.8, 4) is 0 Å². The second-order valence-electron chi connectivity index (χ2n) is 7.90. The number of hydrogen-bond donors (Lipinski definition) is 0. The lowest BCUT2D eigenvalue weighted by atomic mass is 9.90. The summed E-state index contributed by atoms with van der Waals surface area (Å²) < 4.78 is 0. The van der Waals surface area contributed by atoms with Crippen LogP contribution in [0.15, 0.2) is 0 Å². The zero-order valence-electron chi connectivity index (χ0n) is 13.2. The number of likely N-dealkylation sites (tertiary alicyclic amines) is 2. The number of carbonyl (C=O) groups excluding carboxylic acids is 1. The number of rotatable bonds is 2. The minimum absolute atomic E-state index is 0.318. The fourth-order valence-corrected chi connectivity index (χ4v) is 4.42. The van der Waals surface area contributed by atoms with Gasteiger partial charge in [-0.2, -0.15) is 0 Å². The number of nitrogens with zero attached hydrogens (tertiary/aromatic N) is 2. The van der Waals surface area contributed by atoms with Gasteiger partial charge in [-0.15, -0.1) is 0 Å². The Bertz CT molecular complexity index is 352. The van der Waals surface area contributed by atoms with Crippen LogP contribution in [0, 0.1) is 11.3 Å². The van der Waals surface area contributed by atoms with Crippen LogP contribution in [0.1, 0.15) is 58.8 Å². The van der Waals surface area contributed by atoms with Crippen molar-refractivity contribution < 1.29 is 4.79 Å². The van der Waals surface area contributed by atoms with Gasteiger partial charge in [0, 0.05) is 25.0 Å². The van der Waals surface area contributed by atoms with Gasteiger partial charge in [0.2, 0.25) is 5.91 Å². The van der Waals surface area contributed by atoms with Crippen molar-refractivity contribution in [1.29, 1.82) is 0 Å². The van der Waals surface area contributed by atoms with Crippen molar-refractivity contribution in [2.45, 2.75) is 64.8 Å². The summed E-state index contributed by atoms with van der Waals surface area (Å²) in [6, 6.07) is 0.785. The molecule has 114 valence electrons. The number of amides is 1. The van der Waals surface area contributed by atoms with Gasteiger partial charge in [0.1, 0.15) is 0 Å². The van der Waals surface area contributed by atoms with E-state index in [-0.39, 0.29) is 0 Å². The van der Waals surface area contributed by atoms with Gasteiger partial charge in [0.25, 0.3) is 0 Å². The van der Waals surface area contributed by atoms with Crippen LogP contribution in [0.5, 0.6) is 0 Å². The third kappa shape index (κ3) is 3.03. The molecule has 0 aromatic heterocycles. The Morgan fingerprint density at radius 2 is 1.65 bits per heavy atom. The van der Waals surface area contributed by atoms with E-state index in [1.54, 1.807) is 0 Å². The van der Waals surface area contributed by atoms with E-state index < -0.39 is 0 Å². The van der Waals surface area contributed by atoms with Gasteiger partial charge in [0.15, 0.2) is 0 Å². The summed E-state index contributed by atoms with van der Waals surface area (Å²) in [4.78, 5) is 17.2. The Labute approximate surface area is 123 Å². The van der Waals surface area contributed by atoms with Crippen LogP contribution in [-0.2, 0) is 4.79 Å². The Hall–Kier alpha value is -0.570. The molecule has 3 heteroatoms. The predicted octanol–water partition coefficient (Wildman–Crippen LogP) is 2.90. The van der Waals surface area contributed by atoms with Gasteiger partial charge in [-0.05, 0) is 63.5 Å². The molecule has 1 atom stereocenters. The first-order valence-electron chi connectivity index (χ1n) is 8.58. The Morgan fingerprint density at radius 1 is 1.00 bits per heavy atom. The molecule has 1 unspecified atom stereocenters. The predicted molar refractivity (Wildman–Crippen MR) is 81.5 cm³/mol. The number of hydrogen-bond acceptors (Lipinski definition) is 2. The maximum atomic E-state index is 12.4. The highest BCUT2D eigenvalue weighted by molar-refractivity contribution is 5.79. The first-order valence-corrected chi connectivity index (χ1v) is 8.58. The molecule has 0 N–H and O–H groups in total. The SMILES string of the molecule is CC1(C)CCC(N2CCC(C(=O)N3CCCC3)CC2)C1. The average molecular weight is 278 g/mol. The number of piperidine rings is 1. The summed E-state index contributed by atoms with van der Waals surface area (Å²) in [6.45, 7) is 9.11. The minimum Gasteiger partial charge on any atom is -0.342 e. The quantitative estimate of drug-likeness (QED) is 0.775. The van der Waals surface area contributed by atoms with Gasteiger partial charge in [0.05, 0.1) is 0 Å². The van der Waals surface area contributed by atoms with E-state index in [2.05, 4.69) is 23.6 Å². The Morgan fingerprint density at radius 3 is 2.20 bits per heavy atom.